The molecule has 1 aliphatic rings. The maximum atomic E-state index is 12.9. The van der Waals surface area contributed by atoms with Gasteiger partial charge in [0.05, 0.1) is 14.2 Å². The van der Waals surface area contributed by atoms with Crippen molar-refractivity contribution in [3.8, 4) is 11.5 Å². The van der Waals surface area contributed by atoms with Crippen molar-refractivity contribution in [3.63, 3.8) is 0 Å². The van der Waals surface area contributed by atoms with Gasteiger partial charge in [-0.25, -0.2) is 8.42 Å². The van der Waals surface area contributed by atoms with E-state index in [0.29, 0.717) is 30.6 Å². The van der Waals surface area contributed by atoms with E-state index >= 15 is 0 Å². The van der Waals surface area contributed by atoms with Crippen LogP contribution in [0.25, 0.3) is 0 Å². The second-order valence-corrected chi connectivity index (χ2v) is 6.83. The van der Waals surface area contributed by atoms with Gasteiger partial charge in [0.25, 0.3) is 0 Å². The van der Waals surface area contributed by atoms with Gasteiger partial charge in [0.1, 0.15) is 11.5 Å². The van der Waals surface area contributed by atoms with Crippen LogP contribution in [-0.4, -0.2) is 53.1 Å². The molecule has 1 saturated heterocycles. The summed E-state index contributed by atoms with van der Waals surface area (Å²) in [5.41, 5.74) is 0. The molecule has 0 bridgehead atoms. The van der Waals surface area contributed by atoms with Crippen LogP contribution in [0.1, 0.15) is 12.8 Å². The van der Waals surface area contributed by atoms with Crippen molar-refractivity contribution < 1.29 is 17.9 Å². The number of sulfonamides is 1. The molecule has 1 fully saturated rings. The fourth-order valence-corrected chi connectivity index (χ4v) is 4.35. The number of piperidine rings is 1. The van der Waals surface area contributed by atoms with Crippen LogP contribution in [-0.2, 0) is 10.0 Å². The number of nitrogens with zero attached hydrogens (tertiary/aromatic N) is 1. The number of benzene rings is 1. The molecular weight excluding hydrogens is 292 g/mol. The lowest BCUT2D eigenvalue weighted by atomic mass is 10.1. The quantitative estimate of drug-likeness (QED) is 0.881. The zero-order chi connectivity index (χ0) is 15.5. The van der Waals surface area contributed by atoms with Crippen LogP contribution in [0.2, 0.25) is 0 Å². The zero-order valence-corrected chi connectivity index (χ0v) is 13.4. The first-order valence-corrected chi connectivity index (χ1v) is 8.37. The Bertz CT molecular complexity index is 558. The van der Waals surface area contributed by atoms with E-state index in [2.05, 4.69) is 5.32 Å². The monoisotopic (exact) mass is 314 g/mol. The molecular formula is C14H22N2O4S. The van der Waals surface area contributed by atoms with Crippen LogP contribution >= 0.6 is 0 Å². The molecule has 0 saturated carbocycles. The Morgan fingerprint density at radius 1 is 1.14 bits per heavy atom. The number of methoxy groups -OCH3 is 2. The minimum absolute atomic E-state index is 0.109. The van der Waals surface area contributed by atoms with Crippen LogP contribution in [0.15, 0.2) is 23.1 Å². The summed E-state index contributed by atoms with van der Waals surface area (Å²) in [5, 5.41) is 3.19. The highest BCUT2D eigenvalue weighted by Gasteiger charge is 2.33. The molecule has 6 nitrogen and oxygen atoms in total. The van der Waals surface area contributed by atoms with Gasteiger partial charge in [-0.05, 0) is 32.0 Å². The highest BCUT2D eigenvalue weighted by atomic mass is 32.2. The number of ether oxygens (including phenoxy) is 2. The predicted octanol–water partition coefficient (Wildman–Crippen LogP) is 1.08. The largest absolute Gasteiger partial charge is 0.495 e. The Labute approximate surface area is 126 Å². The minimum atomic E-state index is -3.62. The van der Waals surface area contributed by atoms with Crippen molar-refractivity contribution in [1.82, 2.24) is 9.62 Å². The van der Waals surface area contributed by atoms with Gasteiger partial charge in [-0.3, -0.25) is 0 Å². The fraction of sp³-hybridized carbons (Fsp3) is 0.571. The van der Waals surface area contributed by atoms with Gasteiger partial charge in [-0.15, -0.1) is 0 Å². The van der Waals surface area contributed by atoms with E-state index < -0.39 is 10.0 Å². The molecule has 0 aliphatic carbocycles. The molecule has 1 aromatic rings. The average molecular weight is 314 g/mol. The number of rotatable bonds is 5. The maximum Gasteiger partial charge on any atom is 0.250 e. The molecule has 0 spiro atoms. The summed E-state index contributed by atoms with van der Waals surface area (Å²) in [7, 11) is 1.20. The first kappa shape index (κ1) is 16.1. The van der Waals surface area contributed by atoms with Crippen molar-refractivity contribution in [2.24, 2.45) is 0 Å². The molecule has 21 heavy (non-hydrogen) atoms. The lowest BCUT2D eigenvalue weighted by Gasteiger charge is -2.31. The van der Waals surface area contributed by atoms with Gasteiger partial charge in [-0.2, -0.15) is 4.31 Å². The van der Waals surface area contributed by atoms with Crippen LogP contribution in [0, 0.1) is 0 Å². The van der Waals surface area contributed by atoms with E-state index in [-0.39, 0.29) is 4.90 Å². The molecule has 7 heteroatoms. The fourth-order valence-electron chi connectivity index (χ4n) is 2.59. The number of hydrogen-bond acceptors (Lipinski definition) is 5. The summed E-state index contributed by atoms with van der Waals surface area (Å²) >= 11 is 0. The average Bonchev–Trinajstić information content (AvgIpc) is 2.53. The maximum absolute atomic E-state index is 12.9. The van der Waals surface area contributed by atoms with Crippen molar-refractivity contribution >= 4 is 10.0 Å². The van der Waals surface area contributed by atoms with Gasteiger partial charge in [0.15, 0.2) is 4.90 Å². The minimum Gasteiger partial charge on any atom is -0.495 e. The molecule has 0 amide bonds. The summed E-state index contributed by atoms with van der Waals surface area (Å²) in [5.74, 6) is 0.621. The van der Waals surface area contributed by atoms with E-state index in [1.165, 1.54) is 18.5 Å². The highest BCUT2D eigenvalue weighted by molar-refractivity contribution is 7.89. The predicted molar refractivity (Wildman–Crippen MR) is 80.4 cm³/mol. The van der Waals surface area contributed by atoms with Gasteiger partial charge < -0.3 is 14.8 Å². The first-order valence-electron chi connectivity index (χ1n) is 6.93. The molecule has 1 heterocycles. The van der Waals surface area contributed by atoms with Gasteiger partial charge in [-0.1, -0.05) is 6.07 Å². The second kappa shape index (κ2) is 6.64. The van der Waals surface area contributed by atoms with Crippen molar-refractivity contribution in [3.05, 3.63) is 18.2 Å². The van der Waals surface area contributed by atoms with Crippen LogP contribution in [0.3, 0.4) is 0 Å². The first-order chi connectivity index (χ1) is 10.0. The Kier molecular flexibility index (Phi) is 5.08. The van der Waals surface area contributed by atoms with Gasteiger partial charge >= 0.3 is 0 Å². The molecule has 118 valence electrons. The Morgan fingerprint density at radius 2 is 1.67 bits per heavy atom. The number of hydrogen-bond donors (Lipinski definition) is 1. The standard InChI is InChI=1S/C14H22N2O4S/c1-15-11-7-9-16(10-8-11)21(17,18)14-12(19-2)5-4-6-13(14)20-3/h4-6,11,15H,7-10H2,1-3H3. The van der Waals surface area contributed by atoms with E-state index in [1.54, 1.807) is 18.2 Å². The Balaban J connectivity index is 2.36. The summed E-state index contributed by atoms with van der Waals surface area (Å²) in [6, 6.07) is 5.35. The SMILES string of the molecule is CNC1CCN(S(=O)(=O)c2c(OC)cccc2OC)CC1. The van der Waals surface area contributed by atoms with E-state index in [0.717, 1.165) is 12.8 Å². The summed E-state index contributed by atoms with van der Waals surface area (Å²) in [6.45, 7) is 0.990. The molecule has 2 rings (SSSR count). The normalized spacial score (nSPS) is 17.7. The van der Waals surface area contributed by atoms with Crippen LogP contribution in [0.5, 0.6) is 11.5 Å². The molecule has 1 N–H and O–H groups in total. The topological polar surface area (TPSA) is 67.9 Å². The summed E-state index contributed by atoms with van der Waals surface area (Å²) < 4.78 is 37.7. The summed E-state index contributed by atoms with van der Waals surface area (Å²) in [4.78, 5) is 0.109. The smallest absolute Gasteiger partial charge is 0.250 e. The Hall–Kier alpha value is -1.31. The molecule has 0 atom stereocenters. The molecule has 0 aromatic heterocycles. The third-order valence-electron chi connectivity index (χ3n) is 3.84. The van der Waals surface area contributed by atoms with Crippen molar-refractivity contribution in [2.45, 2.75) is 23.8 Å². The second-order valence-electron chi connectivity index (χ2n) is 4.96. The zero-order valence-electron chi connectivity index (χ0n) is 12.6. The number of nitrogens with one attached hydrogen (secondary N) is 1. The summed E-state index contributed by atoms with van der Waals surface area (Å²) in [6.07, 6.45) is 1.60. The third-order valence-corrected chi connectivity index (χ3v) is 5.81. The van der Waals surface area contributed by atoms with Crippen molar-refractivity contribution in [2.75, 3.05) is 34.4 Å². The third kappa shape index (κ3) is 3.14. The Morgan fingerprint density at radius 3 is 2.10 bits per heavy atom. The van der Waals surface area contributed by atoms with E-state index in [1.807, 2.05) is 7.05 Å². The molecule has 0 radical (unpaired) electrons. The van der Waals surface area contributed by atoms with Crippen LogP contribution < -0.4 is 14.8 Å². The van der Waals surface area contributed by atoms with E-state index in [4.69, 9.17) is 9.47 Å². The molecule has 1 aliphatic heterocycles. The highest BCUT2D eigenvalue weighted by Crippen LogP contribution is 2.35. The molecule has 1 aromatic carbocycles. The molecule has 0 unspecified atom stereocenters. The lowest BCUT2D eigenvalue weighted by Crippen LogP contribution is -2.44. The van der Waals surface area contributed by atoms with Crippen LogP contribution in [0.4, 0.5) is 0 Å². The van der Waals surface area contributed by atoms with Crippen molar-refractivity contribution in [1.29, 1.82) is 0 Å². The van der Waals surface area contributed by atoms with Gasteiger partial charge in [0.2, 0.25) is 10.0 Å². The van der Waals surface area contributed by atoms with E-state index in [9.17, 15) is 8.42 Å². The van der Waals surface area contributed by atoms with Gasteiger partial charge in [0, 0.05) is 19.1 Å². The lowest BCUT2D eigenvalue weighted by molar-refractivity contribution is 0.295.